The number of hydrogen-bond acceptors (Lipinski definition) is 3. The van der Waals surface area contributed by atoms with Gasteiger partial charge < -0.3 is 9.64 Å². The van der Waals surface area contributed by atoms with Gasteiger partial charge in [0.1, 0.15) is 0 Å². The molecule has 1 heterocycles. The molecule has 1 aromatic carbocycles. The molecule has 1 amide bonds. The lowest BCUT2D eigenvalue weighted by atomic mass is 9.75. The molecule has 0 aromatic heterocycles. The zero-order valence-electron chi connectivity index (χ0n) is 13.6. The molecule has 0 N–H and O–H groups in total. The summed E-state index contributed by atoms with van der Waals surface area (Å²) < 4.78 is 5.33. The fraction of sp³-hybridized carbons (Fsp3) is 0.611. The minimum atomic E-state index is -0.0418. The fourth-order valence-corrected chi connectivity index (χ4v) is 3.46. The van der Waals surface area contributed by atoms with Crippen molar-refractivity contribution in [2.45, 2.75) is 37.8 Å². The van der Waals surface area contributed by atoms with Crippen molar-refractivity contribution in [1.29, 1.82) is 0 Å². The predicted octanol–water partition coefficient (Wildman–Crippen LogP) is 2.11. The second-order valence-electron chi connectivity index (χ2n) is 6.51. The van der Waals surface area contributed by atoms with Crippen molar-refractivity contribution in [1.82, 2.24) is 9.80 Å². The highest BCUT2D eigenvalue weighted by Gasteiger charge is 2.37. The summed E-state index contributed by atoms with van der Waals surface area (Å²) in [5, 5.41) is 0. The second kappa shape index (κ2) is 6.80. The van der Waals surface area contributed by atoms with Crippen LogP contribution < -0.4 is 0 Å². The number of carbonyl (C=O) groups excluding carboxylic acids is 1. The van der Waals surface area contributed by atoms with E-state index in [-0.39, 0.29) is 11.9 Å². The monoisotopic (exact) mass is 302 g/mol. The molecule has 2 fully saturated rings. The van der Waals surface area contributed by atoms with Gasteiger partial charge in [0.25, 0.3) is 0 Å². The maximum absolute atomic E-state index is 12.6. The van der Waals surface area contributed by atoms with Gasteiger partial charge in [-0.2, -0.15) is 0 Å². The quantitative estimate of drug-likeness (QED) is 0.854. The Labute approximate surface area is 133 Å². The molecule has 4 heteroatoms. The lowest BCUT2D eigenvalue weighted by molar-refractivity contribution is -0.141. The van der Waals surface area contributed by atoms with Crippen molar-refractivity contribution in [3.05, 3.63) is 35.9 Å². The standard InChI is InChI=1S/C18H26N2O2/c1-14(18(21)20-8-10-22-11-9-20)19(2)17-12-16(13-17)15-6-4-3-5-7-15/h3-7,14,16-17H,8-13H2,1-2H3. The second-order valence-corrected chi connectivity index (χ2v) is 6.51. The van der Waals surface area contributed by atoms with Crippen molar-refractivity contribution >= 4 is 5.91 Å². The average Bonchev–Trinajstić information content (AvgIpc) is 2.54. The number of hydrogen-bond donors (Lipinski definition) is 0. The van der Waals surface area contributed by atoms with E-state index in [1.54, 1.807) is 0 Å². The van der Waals surface area contributed by atoms with E-state index in [2.05, 4.69) is 42.3 Å². The van der Waals surface area contributed by atoms with Crippen molar-refractivity contribution in [2.75, 3.05) is 33.4 Å². The summed E-state index contributed by atoms with van der Waals surface area (Å²) >= 11 is 0. The highest BCUT2D eigenvalue weighted by molar-refractivity contribution is 5.81. The molecule has 1 aliphatic heterocycles. The molecule has 1 atom stereocenters. The van der Waals surface area contributed by atoms with E-state index in [9.17, 15) is 4.79 Å². The van der Waals surface area contributed by atoms with Crippen molar-refractivity contribution < 1.29 is 9.53 Å². The molecule has 1 saturated heterocycles. The van der Waals surface area contributed by atoms with Crippen LogP contribution in [0.3, 0.4) is 0 Å². The van der Waals surface area contributed by atoms with E-state index in [1.165, 1.54) is 5.56 Å². The molecule has 0 radical (unpaired) electrons. The largest absolute Gasteiger partial charge is 0.378 e. The van der Waals surface area contributed by atoms with Crippen molar-refractivity contribution in [2.24, 2.45) is 0 Å². The van der Waals surface area contributed by atoms with Crippen LogP contribution >= 0.6 is 0 Å². The lowest BCUT2D eigenvalue weighted by Gasteiger charge is -2.44. The minimum Gasteiger partial charge on any atom is -0.378 e. The first-order chi connectivity index (χ1) is 10.7. The van der Waals surface area contributed by atoms with Gasteiger partial charge in [-0.15, -0.1) is 0 Å². The zero-order valence-corrected chi connectivity index (χ0v) is 13.6. The average molecular weight is 302 g/mol. The summed E-state index contributed by atoms with van der Waals surface area (Å²) in [5.74, 6) is 0.897. The number of nitrogens with zero attached hydrogens (tertiary/aromatic N) is 2. The first-order valence-electron chi connectivity index (χ1n) is 8.30. The van der Waals surface area contributed by atoms with Crippen LogP contribution in [0.4, 0.5) is 0 Å². The van der Waals surface area contributed by atoms with E-state index in [1.807, 2.05) is 11.8 Å². The number of ether oxygens (including phenoxy) is 1. The maximum atomic E-state index is 12.6. The van der Waals surface area contributed by atoms with Gasteiger partial charge in [0.2, 0.25) is 5.91 Å². The fourth-order valence-electron chi connectivity index (χ4n) is 3.46. The number of morpholine rings is 1. The first-order valence-corrected chi connectivity index (χ1v) is 8.30. The first kappa shape index (κ1) is 15.5. The highest BCUT2D eigenvalue weighted by atomic mass is 16.5. The van der Waals surface area contributed by atoms with Crippen LogP contribution in [0.1, 0.15) is 31.2 Å². The minimum absolute atomic E-state index is 0.0418. The Morgan fingerprint density at radius 1 is 1.23 bits per heavy atom. The van der Waals surface area contributed by atoms with Gasteiger partial charge in [0.15, 0.2) is 0 Å². The Bertz CT molecular complexity index is 493. The Morgan fingerprint density at radius 2 is 1.86 bits per heavy atom. The molecule has 120 valence electrons. The molecule has 22 heavy (non-hydrogen) atoms. The molecule has 4 nitrogen and oxygen atoms in total. The Balaban J connectivity index is 1.52. The van der Waals surface area contributed by atoms with Gasteiger partial charge in [-0.05, 0) is 38.3 Å². The Kier molecular flexibility index (Phi) is 4.79. The number of likely N-dealkylation sites (N-methyl/N-ethyl adjacent to an activating group) is 1. The molecule has 1 unspecified atom stereocenters. The molecule has 3 rings (SSSR count). The summed E-state index contributed by atoms with van der Waals surface area (Å²) in [6, 6.07) is 11.2. The number of rotatable bonds is 4. The molecular formula is C18H26N2O2. The third-order valence-electron chi connectivity index (χ3n) is 5.25. The zero-order chi connectivity index (χ0) is 15.5. The summed E-state index contributed by atoms with van der Waals surface area (Å²) in [6.45, 7) is 4.83. The SMILES string of the molecule is CC(C(=O)N1CCOCC1)N(C)C1CC(c2ccccc2)C1. The van der Waals surface area contributed by atoms with Crippen LogP contribution in [0.25, 0.3) is 0 Å². The summed E-state index contributed by atoms with van der Waals surface area (Å²) in [4.78, 5) is 16.8. The smallest absolute Gasteiger partial charge is 0.239 e. The van der Waals surface area contributed by atoms with E-state index in [0.717, 1.165) is 25.9 Å². The van der Waals surface area contributed by atoms with Gasteiger partial charge in [0.05, 0.1) is 19.3 Å². The molecular weight excluding hydrogens is 276 g/mol. The molecule has 1 aromatic rings. The van der Waals surface area contributed by atoms with Crippen LogP contribution in [0, 0.1) is 0 Å². The summed E-state index contributed by atoms with van der Waals surface area (Å²) in [7, 11) is 2.09. The van der Waals surface area contributed by atoms with E-state index < -0.39 is 0 Å². The van der Waals surface area contributed by atoms with Crippen molar-refractivity contribution in [3.63, 3.8) is 0 Å². The van der Waals surface area contributed by atoms with Crippen LogP contribution in [0.2, 0.25) is 0 Å². The predicted molar refractivity (Wildman–Crippen MR) is 86.8 cm³/mol. The highest BCUT2D eigenvalue weighted by Crippen LogP contribution is 2.39. The number of benzene rings is 1. The van der Waals surface area contributed by atoms with E-state index >= 15 is 0 Å². The molecule has 0 bridgehead atoms. The molecule has 1 aliphatic carbocycles. The topological polar surface area (TPSA) is 32.8 Å². The molecule has 0 spiro atoms. The normalized spacial score (nSPS) is 26.6. The third-order valence-corrected chi connectivity index (χ3v) is 5.25. The molecule has 1 saturated carbocycles. The van der Waals surface area contributed by atoms with Crippen LogP contribution in [-0.4, -0.2) is 61.1 Å². The Hall–Kier alpha value is -1.39. The van der Waals surface area contributed by atoms with Crippen LogP contribution in [0.15, 0.2) is 30.3 Å². The van der Waals surface area contributed by atoms with Gasteiger partial charge >= 0.3 is 0 Å². The molecule has 2 aliphatic rings. The Morgan fingerprint density at radius 3 is 2.50 bits per heavy atom. The number of carbonyl (C=O) groups is 1. The van der Waals surface area contributed by atoms with Crippen molar-refractivity contribution in [3.8, 4) is 0 Å². The summed E-state index contributed by atoms with van der Waals surface area (Å²) in [6.07, 6.45) is 2.31. The van der Waals surface area contributed by atoms with Gasteiger partial charge in [-0.3, -0.25) is 9.69 Å². The van der Waals surface area contributed by atoms with E-state index in [0.29, 0.717) is 25.2 Å². The van der Waals surface area contributed by atoms with Gasteiger partial charge in [-0.25, -0.2) is 0 Å². The lowest BCUT2D eigenvalue weighted by Crippen LogP contribution is -2.54. The third kappa shape index (κ3) is 3.18. The maximum Gasteiger partial charge on any atom is 0.239 e. The van der Waals surface area contributed by atoms with Gasteiger partial charge in [0, 0.05) is 19.1 Å². The van der Waals surface area contributed by atoms with Gasteiger partial charge in [-0.1, -0.05) is 30.3 Å². The number of amides is 1. The van der Waals surface area contributed by atoms with Crippen LogP contribution in [-0.2, 0) is 9.53 Å². The summed E-state index contributed by atoms with van der Waals surface area (Å²) in [5.41, 5.74) is 1.43. The van der Waals surface area contributed by atoms with E-state index in [4.69, 9.17) is 4.74 Å². The van der Waals surface area contributed by atoms with Crippen LogP contribution in [0.5, 0.6) is 0 Å².